The summed E-state index contributed by atoms with van der Waals surface area (Å²) in [6, 6.07) is 24.9. The van der Waals surface area contributed by atoms with Crippen LogP contribution in [0.1, 0.15) is 74.5 Å². The first-order chi connectivity index (χ1) is 24.6. The molecule has 0 saturated heterocycles. The molecule has 4 aromatic heterocycles. The largest absolute Gasteiger partial charge is 0.241 e. The topological polar surface area (TPSA) is 103 Å². The van der Waals surface area contributed by atoms with Crippen LogP contribution < -0.4 is 0 Å². The molecule has 0 bridgehead atoms. The van der Waals surface area contributed by atoms with E-state index in [0.717, 1.165) is 68.7 Å². The highest BCUT2D eigenvalue weighted by Gasteiger charge is 2.00. The molecule has 0 saturated carbocycles. The van der Waals surface area contributed by atoms with Gasteiger partial charge in [-0.15, -0.1) is 0 Å². The van der Waals surface area contributed by atoms with Crippen molar-refractivity contribution in [2.75, 3.05) is 0 Å². The molecule has 4 heterocycles. The van der Waals surface area contributed by atoms with Gasteiger partial charge in [0, 0.05) is 72.7 Å². The number of hydrogen-bond acceptors (Lipinski definition) is 8. The minimum atomic E-state index is 0. The first-order valence-corrected chi connectivity index (χ1v) is 16.9. The summed E-state index contributed by atoms with van der Waals surface area (Å²) in [7, 11) is 0. The predicted octanol–water partition coefficient (Wildman–Crippen LogP) is 11.5. The van der Waals surface area contributed by atoms with E-state index in [-0.39, 0.29) is 22.3 Å². The predicted molar refractivity (Wildman–Crippen MR) is 227 cm³/mol. The normalized spacial score (nSPS) is 9.48. The number of nitrogens with zero attached hydrogens (tertiary/aromatic N) is 8. The lowest BCUT2D eigenvalue weighted by atomic mass is 10.1. The van der Waals surface area contributed by atoms with Gasteiger partial charge in [-0.1, -0.05) is 119 Å². The summed E-state index contributed by atoms with van der Waals surface area (Å²) >= 11 is 0. The number of hydrogen-bond donors (Lipinski definition) is 0. The van der Waals surface area contributed by atoms with Gasteiger partial charge in [-0.3, -0.25) is 0 Å². The Hall–Kier alpha value is -6.02. The Bertz CT molecular complexity index is 1690. The van der Waals surface area contributed by atoms with Crippen molar-refractivity contribution in [1.29, 1.82) is 0 Å². The summed E-state index contributed by atoms with van der Waals surface area (Å²) in [5.74, 6) is 3.32. The van der Waals surface area contributed by atoms with Crippen LogP contribution in [0.25, 0.3) is 33.6 Å². The van der Waals surface area contributed by atoms with Gasteiger partial charge >= 0.3 is 0 Å². The Balaban J connectivity index is 0.000000358. The summed E-state index contributed by atoms with van der Waals surface area (Å²) in [6.45, 7) is 16.0. The van der Waals surface area contributed by atoms with Gasteiger partial charge in [0.2, 0.25) is 0 Å². The van der Waals surface area contributed by atoms with Crippen LogP contribution in [0, 0.1) is 48.5 Å². The molecule has 7 aromatic rings. The fourth-order valence-corrected chi connectivity index (χ4v) is 4.42. The van der Waals surface area contributed by atoms with E-state index in [1.54, 1.807) is 0 Å². The van der Waals surface area contributed by atoms with Crippen LogP contribution in [0.2, 0.25) is 0 Å². The quantitative estimate of drug-likeness (QED) is 0.177. The Labute approximate surface area is 324 Å². The highest BCUT2D eigenvalue weighted by atomic mass is 14.9. The molecular formula is C46H58N8. The number of aryl methyl sites for hydroxylation is 8. The molecular weight excluding hydrogens is 665 g/mol. The molecule has 0 aliphatic carbocycles. The molecule has 0 N–H and O–H groups in total. The second kappa shape index (κ2) is 23.5. The lowest BCUT2D eigenvalue weighted by Crippen LogP contribution is -1.90. The van der Waals surface area contributed by atoms with E-state index in [4.69, 9.17) is 0 Å². The van der Waals surface area contributed by atoms with Crippen molar-refractivity contribution in [3.8, 4) is 33.6 Å². The van der Waals surface area contributed by atoms with Gasteiger partial charge in [0.15, 0.2) is 5.82 Å². The van der Waals surface area contributed by atoms with E-state index in [1.165, 1.54) is 16.7 Å². The maximum Gasteiger partial charge on any atom is 0.159 e. The van der Waals surface area contributed by atoms with Crippen LogP contribution >= 0.6 is 0 Å². The molecule has 0 amide bonds. The van der Waals surface area contributed by atoms with Crippen molar-refractivity contribution < 1.29 is 0 Å². The third-order valence-electron chi connectivity index (χ3n) is 7.57. The molecule has 0 aliphatic heterocycles. The Morgan fingerprint density at radius 2 is 0.611 bits per heavy atom. The standard InChI is InChI=1S/3C12H12N2.C7H10N2.3CH4/c2*1-9-3-5-11(6-4-9)12-7-13-10(2)14-8-12;1-9-3-5-11(6-4-9)12-13-7-10(2)8-14-12;1-3-7-8-4-6(2)5-9-7;;;/h3*3-8H,1-2H3;4-5H,3H2,1-2H3;3*1H4. The van der Waals surface area contributed by atoms with Crippen LogP contribution in [-0.2, 0) is 6.42 Å². The monoisotopic (exact) mass is 722 g/mol. The number of benzene rings is 3. The van der Waals surface area contributed by atoms with Gasteiger partial charge < -0.3 is 0 Å². The molecule has 0 spiro atoms. The summed E-state index contributed by atoms with van der Waals surface area (Å²) in [5.41, 5.74) is 11.5. The summed E-state index contributed by atoms with van der Waals surface area (Å²) in [5, 5.41) is 0. The minimum absolute atomic E-state index is 0. The van der Waals surface area contributed by atoms with Gasteiger partial charge in [-0.05, 0) is 70.7 Å². The van der Waals surface area contributed by atoms with Gasteiger partial charge in [-0.25, -0.2) is 39.9 Å². The minimum Gasteiger partial charge on any atom is -0.241 e. The maximum atomic E-state index is 4.27. The van der Waals surface area contributed by atoms with E-state index >= 15 is 0 Å². The van der Waals surface area contributed by atoms with Crippen LogP contribution in [0.5, 0.6) is 0 Å². The maximum absolute atomic E-state index is 4.27. The molecule has 0 atom stereocenters. The van der Waals surface area contributed by atoms with Crippen LogP contribution in [-0.4, -0.2) is 39.9 Å². The molecule has 3 aromatic carbocycles. The zero-order valence-electron chi connectivity index (χ0n) is 30.8. The number of aromatic nitrogens is 8. The summed E-state index contributed by atoms with van der Waals surface area (Å²) < 4.78 is 0. The van der Waals surface area contributed by atoms with Crippen molar-refractivity contribution >= 4 is 0 Å². The molecule has 0 aliphatic rings. The van der Waals surface area contributed by atoms with E-state index < -0.39 is 0 Å². The summed E-state index contributed by atoms with van der Waals surface area (Å²) in [4.78, 5) is 33.4. The molecule has 8 nitrogen and oxygen atoms in total. The Morgan fingerprint density at radius 1 is 0.315 bits per heavy atom. The molecule has 0 unspecified atom stereocenters. The average Bonchev–Trinajstić information content (AvgIpc) is 3.15. The number of rotatable bonds is 4. The second-order valence-electron chi connectivity index (χ2n) is 12.3. The third kappa shape index (κ3) is 15.3. The molecule has 0 fully saturated rings. The molecule has 0 radical (unpaired) electrons. The smallest absolute Gasteiger partial charge is 0.159 e. The lowest BCUT2D eigenvalue weighted by molar-refractivity contribution is 0.929. The van der Waals surface area contributed by atoms with Crippen LogP contribution in [0.15, 0.2) is 122 Å². The first-order valence-electron chi connectivity index (χ1n) is 16.9. The highest BCUT2D eigenvalue weighted by Crippen LogP contribution is 2.19. The van der Waals surface area contributed by atoms with Crippen molar-refractivity contribution in [3.05, 3.63) is 168 Å². The van der Waals surface area contributed by atoms with Gasteiger partial charge in [0.1, 0.15) is 17.5 Å². The van der Waals surface area contributed by atoms with Crippen molar-refractivity contribution in [3.63, 3.8) is 0 Å². The zero-order valence-corrected chi connectivity index (χ0v) is 30.8. The van der Waals surface area contributed by atoms with Gasteiger partial charge in [0.25, 0.3) is 0 Å². The SMILES string of the molecule is C.C.C.CCc1ncc(C)cn1.Cc1ccc(-c2cnc(C)nc2)cc1.Cc1ccc(-c2cnc(C)nc2)cc1.Cc1ccc(-c2ncc(C)cn2)cc1. The second-order valence-corrected chi connectivity index (χ2v) is 12.3. The van der Waals surface area contributed by atoms with Crippen molar-refractivity contribution in [1.82, 2.24) is 39.9 Å². The van der Waals surface area contributed by atoms with Crippen LogP contribution in [0.4, 0.5) is 0 Å². The molecule has 282 valence electrons. The third-order valence-corrected chi connectivity index (χ3v) is 7.57. The molecule has 8 heteroatoms. The average molecular weight is 723 g/mol. The molecule has 7 rings (SSSR count). The zero-order chi connectivity index (χ0) is 36.6. The van der Waals surface area contributed by atoms with Gasteiger partial charge in [0.05, 0.1) is 0 Å². The fraction of sp³-hybridized carbons (Fsp3) is 0.261. The van der Waals surface area contributed by atoms with Crippen molar-refractivity contribution in [2.24, 2.45) is 0 Å². The Kier molecular flexibility index (Phi) is 20.0. The Morgan fingerprint density at radius 3 is 0.926 bits per heavy atom. The van der Waals surface area contributed by atoms with E-state index in [1.807, 2.05) is 96.3 Å². The van der Waals surface area contributed by atoms with E-state index in [2.05, 4.69) is 121 Å². The van der Waals surface area contributed by atoms with E-state index in [9.17, 15) is 0 Å². The van der Waals surface area contributed by atoms with E-state index in [0.29, 0.717) is 0 Å². The lowest BCUT2D eigenvalue weighted by Gasteiger charge is -2.01. The van der Waals surface area contributed by atoms with Crippen molar-refractivity contribution in [2.45, 2.75) is 84.1 Å². The van der Waals surface area contributed by atoms with Gasteiger partial charge in [-0.2, -0.15) is 0 Å². The summed E-state index contributed by atoms with van der Waals surface area (Å²) in [6.07, 6.45) is 15.7. The molecule has 54 heavy (non-hydrogen) atoms. The van der Waals surface area contributed by atoms with Crippen LogP contribution in [0.3, 0.4) is 0 Å². The first kappa shape index (κ1) is 46.0. The highest BCUT2D eigenvalue weighted by molar-refractivity contribution is 5.62. The fourth-order valence-electron chi connectivity index (χ4n) is 4.42.